The smallest absolute Gasteiger partial charge is 0.326 e. The number of aliphatic hydroxyl groups is 2. The molecule has 0 aliphatic carbocycles. The Balaban J connectivity index is 2.94. The molecule has 27 heavy (non-hydrogen) atoms. The monoisotopic (exact) mass is 388 g/mol. The molecule has 154 valence electrons. The third-order valence-corrected chi connectivity index (χ3v) is 4.34. The average Bonchev–Trinajstić information content (AvgIpc) is 3.05. The summed E-state index contributed by atoms with van der Waals surface area (Å²) in [5.74, 6) is -3.49. The Labute approximate surface area is 156 Å². The van der Waals surface area contributed by atoms with E-state index in [9.17, 15) is 34.5 Å². The number of amides is 3. The number of carboxylic acid groups (broad SMARTS) is 1. The summed E-state index contributed by atoms with van der Waals surface area (Å²) in [6, 6.07) is -4.77. The molecule has 1 heterocycles. The lowest BCUT2D eigenvalue weighted by atomic mass is 10.1. The Morgan fingerprint density at radius 3 is 1.96 bits per heavy atom. The first-order valence-electron chi connectivity index (χ1n) is 8.73. The van der Waals surface area contributed by atoms with Crippen molar-refractivity contribution in [2.45, 2.75) is 70.0 Å². The first kappa shape index (κ1) is 22.8. The van der Waals surface area contributed by atoms with E-state index in [1.165, 1.54) is 20.8 Å². The molecule has 11 heteroatoms. The highest BCUT2D eigenvalue weighted by Gasteiger charge is 2.40. The van der Waals surface area contributed by atoms with E-state index >= 15 is 0 Å². The van der Waals surface area contributed by atoms with E-state index in [-0.39, 0.29) is 13.0 Å². The van der Waals surface area contributed by atoms with E-state index in [2.05, 4.69) is 10.6 Å². The van der Waals surface area contributed by atoms with Crippen LogP contribution in [0.15, 0.2) is 0 Å². The van der Waals surface area contributed by atoms with Gasteiger partial charge in [0.15, 0.2) is 0 Å². The van der Waals surface area contributed by atoms with E-state index in [0.29, 0.717) is 6.42 Å². The number of hydrogen-bond acceptors (Lipinski definition) is 7. The Bertz CT molecular complexity index is 579. The van der Waals surface area contributed by atoms with Crippen LogP contribution in [0.25, 0.3) is 0 Å². The van der Waals surface area contributed by atoms with Gasteiger partial charge in [-0.25, -0.2) is 4.79 Å². The predicted molar refractivity (Wildman–Crippen MR) is 93.2 cm³/mol. The second-order valence-electron chi connectivity index (χ2n) is 6.77. The minimum atomic E-state index is -1.43. The van der Waals surface area contributed by atoms with Crippen molar-refractivity contribution in [1.29, 1.82) is 0 Å². The molecule has 0 bridgehead atoms. The van der Waals surface area contributed by atoms with E-state index in [0.717, 1.165) is 4.90 Å². The van der Waals surface area contributed by atoms with Gasteiger partial charge >= 0.3 is 5.97 Å². The van der Waals surface area contributed by atoms with Gasteiger partial charge in [-0.15, -0.1) is 0 Å². The Morgan fingerprint density at radius 2 is 1.52 bits per heavy atom. The van der Waals surface area contributed by atoms with Crippen molar-refractivity contribution in [3.05, 3.63) is 0 Å². The average molecular weight is 388 g/mol. The number of nitrogens with two attached hydrogens (primary N) is 1. The molecule has 6 unspecified atom stereocenters. The van der Waals surface area contributed by atoms with Gasteiger partial charge in [0, 0.05) is 6.54 Å². The molecule has 1 fully saturated rings. The lowest BCUT2D eigenvalue weighted by molar-refractivity contribution is -0.151. The van der Waals surface area contributed by atoms with Crippen molar-refractivity contribution in [2.24, 2.45) is 5.73 Å². The third kappa shape index (κ3) is 5.88. The van der Waals surface area contributed by atoms with Crippen molar-refractivity contribution in [3.8, 4) is 0 Å². The summed E-state index contributed by atoms with van der Waals surface area (Å²) in [4.78, 5) is 49.2. The highest BCUT2D eigenvalue weighted by molar-refractivity contribution is 5.94. The molecule has 0 aromatic carbocycles. The summed E-state index contributed by atoms with van der Waals surface area (Å²) in [6.07, 6.45) is -1.85. The van der Waals surface area contributed by atoms with Gasteiger partial charge in [-0.1, -0.05) is 0 Å². The van der Waals surface area contributed by atoms with E-state index in [1.54, 1.807) is 0 Å². The fraction of sp³-hybridized carbons (Fsp3) is 0.750. The second-order valence-corrected chi connectivity index (χ2v) is 6.77. The zero-order valence-electron chi connectivity index (χ0n) is 15.6. The van der Waals surface area contributed by atoms with Crippen molar-refractivity contribution < 1.29 is 34.5 Å². The predicted octanol–water partition coefficient (Wildman–Crippen LogP) is -2.86. The molecular formula is C16H28N4O7. The maximum absolute atomic E-state index is 12.7. The molecule has 6 atom stereocenters. The molecule has 7 N–H and O–H groups in total. The number of aliphatic hydroxyl groups excluding tert-OH is 2. The summed E-state index contributed by atoms with van der Waals surface area (Å²) in [7, 11) is 0. The summed E-state index contributed by atoms with van der Waals surface area (Å²) in [5.41, 5.74) is 5.43. The number of rotatable bonds is 8. The van der Waals surface area contributed by atoms with E-state index in [4.69, 9.17) is 5.73 Å². The van der Waals surface area contributed by atoms with Crippen LogP contribution in [0.1, 0.15) is 33.6 Å². The normalized spacial score (nSPS) is 22.3. The zero-order chi connectivity index (χ0) is 20.9. The van der Waals surface area contributed by atoms with Crippen LogP contribution in [-0.4, -0.2) is 86.8 Å². The van der Waals surface area contributed by atoms with Crippen LogP contribution in [0.2, 0.25) is 0 Å². The molecule has 1 aliphatic rings. The minimum Gasteiger partial charge on any atom is -0.480 e. The van der Waals surface area contributed by atoms with Crippen LogP contribution in [-0.2, 0) is 19.2 Å². The number of aliphatic carboxylic acids is 1. The number of nitrogens with one attached hydrogen (secondary N) is 2. The van der Waals surface area contributed by atoms with E-state index < -0.39 is 60.1 Å². The minimum absolute atomic E-state index is 0.191. The summed E-state index contributed by atoms with van der Waals surface area (Å²) in [5, 5.41) is 33.5. The van der Waals surface area contributed by atoms with Crippen molar-refractivity contribution in [1.82, 2.24) is 15.5 Å². The molecule has 1 saturated heterocycles. The standard InChI is InChI=1S/C16H28N4O7/c1-7(17)13(23)18-11(8(2)21)14(24)19-12(9(3)22)15(25)20-6-4-5-10(20)16(26)27/h7-12,21-22H,4-6,17H2,1-3H3,(H,18,23)(H,19,24)(H,26,27). The molecule has 0 saturated carbocycles. The van der Waals surface area contributed by atoms with Crippen molar-refractivity contribution in [3.63, 3.8) is 0 Å². The second kappa shape index (κ2) is 9.62. The van der Waals surface area contributed by atoms with Crippen molar-refractivity contribution in [2.75, 3.05) is 6.54 Å². The van der Waals surface area contributed by atoms with Gasteiger partial charge < -0.3 is 36.6 Å². The topological polar surface area (TPSA) is 182 Å². The van der Waals surface area contributed by atoms with Gasteiger partial charge in [0.2, 0.25) is 17.7 Å². The molecule has 0 radical (unpaired) electrons. The first-order valence-corrected chi connectivity index (χ1v) is 8.73. The number of nitrogens with zero attached hydrogens (tertiary/aromatic N) is 1. The number of hydrogen-bond donors (Lipinski definition) is 6. The van der Waals surface area contributed by atoms with Crippen LogP contribution in [0.3, 0.4) is 0 Å². The Hall–Kier alpha value is -2.24. The highest BCUT2D eigenvalue weighted by Crippen LogP contribution is 2.19. The van der Waals surface area contributed by atoms with Gasteiger partial charge in [-0.3, -0.25) is 14.4 Å². The largest absolute Gasteiger partial charge is 0.480 e. The highest BCUT2D eigenvalue weighted by atomic mass is 16.4. The Morgan fingerprint density at radius 1 is 1.00 bits per heavy atom. The lowest BCUT2D eigenvalue weighted by Gasteiger charge is -2.30. The molecule has 0 aromatic heterocycles. The van der Waals surface area contributed by atoms with Gasteiger partial charge in [0.05, 0.1) is 18.2 Å². The maximum atomic E-state index is 12.7. The van der Waals surface area contributed by atoms with Gasteiger partial charge in [-0.05, 0) is 33.6 Å². The van der Waals surface area contributed by atoms with Crippen LogP contribution in [0.5, 0.6) is 0 Å². The molecule has 3 amide bonds. The molecule has 0 aromatic rings. The number of likely N-dealkylation sites (tertiary alicyclic amines) is 1. The van der Waals surface area contributed by atoms with Crippen molar-refractivity contribution >= 4 is 23.7 Å². The van der Waals surface area contributed by atoms with Crippen LogP contribution >= 0.6 is 0 Å². The van der Waals surface area contributed by atoms with Crippen LogP contribution in [0.4, 0.5) is 0 Å². The maximum Gasteiger partial charge on any atom is 0.326 e. The van der Waals surface area contributed by atoms with Crippen LogP contribution < -0.4 is 16.4 Å². The fourth-order valence-corrected chi connectivity index (χ4v) is 2.79. The third-order valence-electron chi connectivity index (χ3n) is 4.34. The Kier molecular flexibility index (Phi) is 8.13. The first-order chi connectivity index (χ1) is 12.5. The van der Waals surface area contributed by atoms with Crippen LogP contribution in [0, 0.1) is 0 Å². The number of carboxylic acids is 1. The molecule has 0 spiro atoms. The fourth-order valence-electron chi connectivity index (χ4n) is 2.79. The zero-order valence-corrected chi connectivity index (χ0v) is 15.6. The van der Waals surface area contributed by atoms with Gasteiger partial charge in [0.25, 0.3) is 0 Å². The molecular weight excluding hydrogens is 360 g/mol. The number of carbonyl (C=O) groups is 4. The summed E-state index contributed by atoms with van der Waals surface area (Å²) < 4.78 is 0. The van der Waals surface area contributed by atoms with E-state index in [1.807, 2.05) is 0 Å². The summed E-state index contributed by atoms with van der Waals surface area (Å²) in [6.45, 7) is 4.13. The quantitative estimate of drug-likeness (QED) is 0.256. The molecule has 1 rings (SSSR count). The lowest BCUT2D eigenvalue weighted by Crippen LogP contribution is -2.61. The van der Waals surface area contributed by atoms with Gasteiger partial charge in [-0.2, -0.15) is 0 Å². The molecule has 1 aliphatic heterocycles. The molecule has 11 nitrogen and oxygen atoms in total. The number of carbonyl (C=O) groups excluding carboxylic acids is 3. The summed E-state index contributed by atoms with van der Waals surface area (Å²) >= 11 is 0. The SMILES string of the molecule is CC(N)C(=O)NC(C(=O)NC(C(=O)N1CCCC1C(=O)O)C(C)O)C(C)O. The van der Waals surface area contributed by atoms with Gasteiger partial charge in [0.1, 0.15) is 18.1 Å².